The summed E-state index contributed by atoms with van der Waals surface area (Å²) in [6.07, 6.45) is 8.94. The molecule has 0 radical (unpaired) electrons. The Bertz CT molecular complexity index is 1700. The molecular weight excluding hydrogens is 661 g/mol. The second-order valence-corrected chi connectivity index (χ2v) is 15.2. The van der Waals surface area contributed by atoms with Crippen molar-refractivity contribution in [3.05, 3.63) is 93.3 Å². The molecule has 1 fully saturated rings. The van der Waals surface area contributed by atoms with E-state index in [9.17, 15) is 19.5 Å². The van der Waals surface area contributed by atoms with Crippen molar-refractivity contribution in [2.45, 2.75) is 103 Å². The number of aliphatic imine (C=N–C) groups is 2. The molecule has 1 aromatic heterocycles. The molecule has 1 aliphatic heterocycles. The highest BCUT2D eigenvalue weighted by Gasteiger charge is 2.38. The number of unbranched alkanes of at least 4 members (excludes halogenated alkanes) is 4. The van der Waals surface area contributed by atoms with Crippen LogP contribution >= 0.6 is 11.3 Å². The van der Waals surface area contributed by atoms with Gasteiger partial charge in [0, 0.05) is 29.6 Å². The summed E-state index contributed by atoms with van der Waals surface area (Å²) in [6, 6.07) is 17.3. The maximum Gasteiger partial charge on any atom is 0.326 e. The molecule has 272 valence electrons. The lowest BCUT2D eigenvalue weighted by Gasteiger charge is -2.27. The summed E-state index contributed by atoms with van der Waals surface area (Å²) < 4.78 is 5.90. The minimum Gasteiger partial charge on any atom is -0.494 e. The maximum absolute atomic E-state index is 13.8. The summed E-state index contributed by atoms with van der Waals surface area (Å²) in [5, 5.41) is 12.7. The van der Waals surface area contributed by atoms with Crippen LogP contribution in [0.5, 0.6) is 5.75 Å². The van der Waals surface area contributed by atoms with Crippen molar-refractivity contribution in [2.24, 2.45) is 9.98 Å². The fraction of sp³-hybridized carbons (Fsp3) is 0.439. The van der Waals surface area contributed by atoms with Crippen molar-refractivity contribution in [2.75, 3.05) is 13.2 Å². The molecule has 9 nitrogen and oxygen atoms in total. The van der Waals surface area contributed by atoms with Gasteiger partial charge in [0.25, 0.3) is 5.91 Å². The molecule has 2 atom stereocenters. The predicted molar refractivity (Wildman–Crippen MR) is 207 cm³/mol. The third kappa shape index (κ3) is 11.2. The van der Waals surface area contributed by atoms with Gasteiger partial charge < -0.3 is 20.1 Å². The number of allylic oxidation sites excluding steroid dienone is 1. The highest BCUT2D eigenvalue weighted by molar-refractivity contribution is 7.14. The SMILES string of the molecule is C=N/C(=N\C=C(/C)c1ccc(OCCCCCCC)cc1)c1ccc(C[C@H](NC(=O)c2ccc(C(C)(C)C)s2)C(=O)N2CCC[C@@H]2C(=O)O)cc1. The van der Waals surface area contributed by atoms with Gasteiger partial charge in [-0.15, -0.1) is 11.3 Å². The van der Waals surface area contributed by atoms with Gasteiger partial charge in [-0.3, -0.25) is 9.59 Å². The van der Waals surface area contributed by atoms with Gasteiger partial charge in [0.05, 0.1) is 11.5 Å². The Balaban J connectivity index is 1.45. The average Bonchev–Trinajstić information content (AvgIpc) is 3.82. The Morgan fingerprint density at radius 3 is 2.33 bits per heavy atom. The van der Waals surface area contributed by atoms with Crippen LogP contribution < -0.4 is 10.1 Å². The number of amides is 2. The first-order valence-corrected chi connectivity index (χ1v) is 18.7. The number of amidine groups is 1. The van der Waals surface area contributed by atoms with Gasteiger partial charge in [-0.2, -0.15) is 0 Å². The molecule has 2 N–H and O–H groups in total. The van der Waals surface area contributed by atoms with E-state index in [1.54, 1.807) is 12.3 Å². The summed E-state index contributed by atoms with van der Waals surface area (Å²) in [7, 11) is 0. The number of ether oxygens (including phenoxy) is 1. The highest BCUT2D eigenvalue weighted by atomic mass is 32.1. The highest BCUT2D eigenvalue weighted by Crippen LogP contribution is 2.30. The number of likely N-dealkylation sites (tertiary alicyclic amines) is 1. The molecule has 1 saturated heterocycles. The number of benzene rings is 2. The molecule has 2 amide bonds. The molecule has 3 aromatic rings. The molecular formula is C41H52N4O5S. The smallest absolute Gasteiger partial charge is 0.326 e. The minimum absolute atomic E-state index is 0.116. The fourth-order valence-corrected chi connectivity index (χ4v) is 6.92. The third-order valence-corrected chi connectivity index (χ3v) is 10.5. The predicted octanol–water partition coefficient (Wildman–Crippen LogP) is 8.32. The van der Waals surface area contributed by atoms with E-state index in [2.05, 4.69) is 49.7 Å². The van der Waals surface area contributed by atoms with Crippen LogP contribution in [0.3, 0.4) is 0 Å². The zero-order valence-electron chi connectivity index (χ0n) is 30.6. The van der Waals surface area contributed by atoms with Crippen molar-refractivity contribution < 1.29 is 24.2 Å². The number of carboxylic acids is 1. The van der Waals surface area contributed by atoms with Gasteiger partial charge in [-0.05, 0) is 79.3 Å². The molecule has 0 aliphatic carbocycles. The zero-order chi connectivity index (χ0) is 37.0. The Morgan fingerprint density at radius 1 is 1.02 bits per heavy atom. The monoisotopic (exact) mass is 712 g/mol. The van der Waals surface area contributed by atoms with Gasteiger partial charge >= 0.3 is 5.97 Å². The van der Waals surface area contributed by atoms with E-state index in [1.165, 1.54) is 41.9 Å². The van der Waals surface area contributed by atoms with Gasteiger partial charge in [0.1, 0.15) is 17.8 Å². The number of aliphatic carboxylic acids is 1. The summed E-state index contributed by atoms with van der Waals surface area (Å²) in [4.78, 5) is 50.8. The van der Waals surface area contributed by atoms with Gasteiger partial charge in [-0.25, -0.2) is 14.8 Å². The molecule has 2 heterocycles. The van der Waals surface area contributed by atoms with E-state index in [0.29, 0.717) is 30.1 Å². The van der Waals surface area contributed by atoms with Crippen LogP contribution in [0, 0.1) is 0 Å². The van der Waals surface area contributed by atoms with Gasteiger partial charge in [0.2, 0.25) is 5.91 Å². The molecule has 0 bridgehead atoms. The number of rotatable bonds is 16. The molecule has 51 heavy (non-hydrogen) atoms. The van der Waals surface area contributed by atoms with Crippen molar-refractivity contribution in [1.82, 2.24) is 10.2 Å². The van der Waals surface area contributed by atoms with Crippen LogP contribution in [0.15, 0.2) is 76.8 Å². The lowest BCUT2D eigenvalue weighted by Crippen LogP contribution is -2.52. The number of nitrogens with zero attached hydrogens (tertiary/aromatic N) is 3. The van der Waals surface area contributed by atoms with Crippen LogP contribution in [0.4, 0.5) is 0 Å². The van der Waals surface area contributed by atoms with Crippen molar-refractivity contribution in [3.8, 4) is 5.75 Å². The number of hydrogen-bond donors (Lipinski definition) is 2. The second-order valence-electron chi connectivity index (χ2n) is 14.1. The van der Waals surface area contributed by atoms with Crippen LogP contribution in [-0.4, -0.2) is 65.6 Å². The van der Waals surface area contributed by atoms with E-state index in [4.69, 9.17) is 4.74 Å². The van der Waals surface area contributed by atoms with E-state index >= 15 is 0 Å². The fourth-order valence-electron chi connectivity index (χ4n) is 5.95. The molecule has 0 saturated carbocycles. The lowest BCUT2D eigenvalue weighted by atomic mass is 9.95. The van der Waals surface area contributed by atoms with Gasteiger partial charge in [-0.1, -0.05) is 89.8 Å². The first-order chi connectivity index (χ1) is 24.4. The van der Waals surface area contributed by atoms with E-state index in [-0.39, 0.29) is 17.7 Å². The number of thiophene rings is 1. The van der Waals surface area contributed by atoms with Crippen LogP contribution in [0.2, 0.25) is 0 Å². The second kappa shape index (κ2) is 18.6. The Morgan fingerprint density at radius 2 is 1.71 bits per heavy atom. The summed E-state index contributed by atoms with van der Waals surface area (Å²) in [5.74, 6) is -0.498. The minimum atomic E-state index is -1.04. The normalized spacial score (nSPS) is 15.8. The lowest BCUT2D eigenvalue weighted by molar-refractivity contribution is -0.148. The van der Waals surface area contributed by atoms with E-state index < -0.39 is 24.0 Å². The van der Waals surface area contributed by atoms with Crippen LogP contribution in [0.25, 0.3) is 5.57 Å². The standard InChI is InChI=1S/C41H52N4O5S/c1-7-8-9-10-11-25-50-32-20-18-30(19-21-32)28(2)27-43-37(42-6)31-16-14-29(15-17-31)26-33(39(47)45-24-12-13-34(45)40(48)49)44-38(46)35-22-23-36(51-35)41(3,4)5/h14-23,27,33-34H,6-13,24-26H2,1-5H3,(H,44,46)(H,48,49)/b28-27+,43-37-/t33-,34+/m0/s1. The zero-order valence-corrected chi connectivity index (χ0v) is 31.4. The van der Waals surface area contributed by atoms with E-state index in [0.717, 1.165) is 45.9 Å². The summed E-state index contributed by atoms with van der Waals surface area (Å²) in [6.45, 7) is 15.2. The van der Waals surface area contributed by atoms with Crippen LogP contribution in [0.1, 0.15) is 111 Å². The van der Waals surface area contributed by atoms with Crippen molar-refractivity contribution >= 4 is 47.2 Å². The molecule has 0 unspecified atom stereocenters. The Kier molecular flexibility index (Phi) is 14.3. The Labute approximate surface area is 306 Å². The maximum atomic E-state index is 13.8. The van der Waals surface area contributed by atoms with E-state index in [1.807, 2.05) is 61.5 Å². The number of carbonyl (C=O) groups excluding carboxylic acids is 2. The summed E-state index contributed by atoms with van der Waals surface area (Å²) in [5.41, 5.74) is 3.40. The molecule has 4 rings (SSSR count). The molecule has 1 aliphatic rings. The topological polar surface area (TPSA) is 121 Å². The average molecular weight is 713 g/mol. The van der Waals surface area contributed by atoms with Crippen molar-refractivity contribution in [3.63, 3.8) is 0 Å². The number of hydrogen-bond acceptors (Lipinski definition) is 6. The van der Waals surface area contributed by atoms with Crippen LogP contribution in [-0.2, 0) is 21.4 Å². The molecule has 0 spiro atoms. The Hall–Kier alpha value is -4.57. The summed E-state index contributed by atoms with van der Waals surface area (Å²) >= 11 is 1.39. The number of carboxylic acid groups (broad SMARTS) is 1. The van der Waals surface area contributed by atoms with Gasteiger partial charge in [0.15, 0.2) is 5.84 Å². The van der Waals surface area contributed by atoms with Crippen molar-refractivity contribution in [1.29, 1.82) is 0 Å². The first kappa shape index (κ1) is 39.2. The quantitative estimate of drug-likeness (QED) is 0.0879. The number of nitrogens with one attached hydrogen (secondary N) is 1. The first-order valence-electron chi connectivity index (χ1n) is 17.9. The molecule has 2 aromatic carbocycles. The third-order valence-electron chi connectivity index (χ3n) is 9.00. The number of carbonyl (C=O) groups is 3. The largest absolute Gasteiger partial charge is 0.494 e. The molecule has 10 heteroatoms.